The first kappa shape index (κ1) is 13.9. The second-order valence-electron chi connectivity index (χ2n) is 4.40. The maximum atomic E-state index is 11.8. The number of aromatic nitrogens is 2. The highest BCUT2D eigenvalue weighted by Gasteiger charge is 2.18. The van der Waals surface area contributed by atoms with Crippen LogP contribution < -0.4 is 5.56 Å². The number of nitrogens with zero attached hydrogens (tertiary/aromatic N) is 2. The second-order valence-corrected chi connectivity index (χ2v) is 5.37. The molecule has 2 rings (SSSR count). The first-order chi connectivity index (χ1) is 9.11. The van der Waals surface area contributed by atoms with E-state index in [0.29, 0.717) is 6.42 Å². The topological polar surface area (TPSA) is 86.3 Å². The second kappa shape index (κ2) is 6.10. The van der Waals surface area contributed by atoms with Crippen molar-refractivity contribution in [1.29, 1.82) is 0 Å². The first-order valence-corrected chi connectivity index (χ1v) is 7.33. The van der Waals surface area contributed by atoms with E-state index in [2.05, 4.69) is 9.97 Å². The fourth-order valence-corrected chi connectivity index (χ4v) is 2.80. The van der Waals surface area contributed by atoms with Crippen LogP contribution in [0.25, 0.3) is 0 Å². The van der Waals surface area contributed by atoms with Crippen LogP contribution in [0.4, 0.5) is 0 Å². The van der Waals surface area contributed by atoms with Crippen molar-refractivity contribution in [1.82, 2.24) is 14.9 Å². The lowest BCUT2D eigenvalue weighted by atomic mass is 10.2. The SMILES string of the molecule is CCc1c(O)nc(SCC(=O)N2CCCC2)[nH]c1=O. The van der Waals surface area contributed by atoms with Crippen LogP contribution in [0, 0.1) is 0 Å². The summed E-state index contributed by atoms with van der Waals surface area (Å²) in [5.41, 5.74) is -0.0682. The summed E-state index contributed by atoms with van der Waals surface area (Å²) < 4.78 is 0. The zero-order valence-corrected chi connectivity index (χ0v) is 11.6. The lowest BCUT2D eigenvalue weighted by Gasteiger charge is -2.14. The van der Waals surface area contributed by atoms with Gasteiger partial charge in [0.05, 0.1) is 11.3 Å². The normalized spacial score (nSPS) is 14.9. The van der Waals surface area contributed by atoms with Gasteiger partial charge in [-0.1, -0.05) is 18.7 Å². The third kappa shape index (κ3) is 3.28. The molecular formula is C12H17N3O3S. The van der Waals surface area contributed by atoms with Crippen LogP contribution in [0.3, 0.4) is 0 Å². The zero-order valence-electron chi connectivity index (χ0n) is 10.8. The number of hydrogen-bond acceptors (Lipinski definition) is 5. The number of rotatable bonds is 4. The molecule has 0 atom stereocenters. The molecule has 0 saturated carbocycles. The Balaban J connectivity index is 2.00. The molecule has 0 bridgehead atoms. The number of nitrogens with one attached hydrogen (secondary N) is 1. The van der Waals surface area contributed by atoms with Gasteiger partial charge in [-0.05, 0) is 19.3 Å². The molecule has 0 radical (unpaired) electrons. The summed E-state index contributed by atoms with van der Waals surface area (Å²) in [5.74, 6) is 0.0278. The Labute approximate surface area is 115 Å². The standard InChI is InChI=1S/C12H17N3O3S/c1-2-8-10(17)13-12(14-11(8)18)19-7-9(16)15-5-3-4-6-15/h2-7H2,1H3,(H2,13,14,17,18). The van der Waals surface area contributed by atoms with Gasteiger partial charge in [0.25, 0.3) is 5.56 Å². The minimum atomic E-state index is -0.342. The monoisotopic (exact) mass is 283 g/mol. The van der Waals surface area contributed by atoms with Crippen molar-refractivity contribution in [3.05, 3.63) is 15.9 Å². The predicted molar refractivity (Wildman–Crippen MR) is 72.4 cm³/mol. The molecule has 2 heterocycles. The Morgan fingerprint density at radius 3 is 2.74 bits per heavy atom. The van der Waals surface area contributed by atoms with Gasteiger partial charge >= 0.3 is 0 Å². The number of carbonyl (C=O) groups is 1. The van der Waals surface area contributed by atoms with E-state index >= 15 is 0 Å². The van der Waals surface area contributed by atoms with E-state index in [9.17, 15) is 14.7 Å². The Bertz CT molecular complexity index is 523. The van der Waals surface area contributed by atoms with E-state index < -0.39 is 0 Å². The molecular weight excluding hydrogens is 266 g/mol. The van der Waals surface area contributed by atoms with Crippen LogP contribution in [0.1, 0.15) is 25.3 Å². The van der Waals surface area contributed by atoms with Crippen molar-refractivity contribution in [2.24, 2.45) is 0 Å². The van der Waals surface area contributed by atoms with Gasteiger partial charge in [-0.15, -0.1) is 0 Å². The van der Waals surface area contributed by atoms with Crippen LogP contribution in [-0.2, 0) is 11.2 Å². The van der Waals surface area contributed by atoms with Crippen molar-refractivity contribution in [2.75, 3.05) is 18.8 Å². The lowest BCUT2D eigenvalue weighted by Crippen LogP contribution is -2.29. The van der Waals surface area contributed by atoms with Crippen LogP contribution >= 0.6 is 11.8 Å². The highest BCUT2D eigenvalue weighted by molar-refractivity contribution is 7.99. The molecule has 1 aliphatic heterocycles. The van der Waals surface area contributed by atoms with Crippen molar-refractivity contribution in [2.45, 2.75) is 31.3 Å². The lowest BCUT2D eigenvalue weighted by molar-refractivity contribution is -0.127. The van der Waals surface area contributed by atoms with Gasteiger partial charge in [0.1, 0.15) is 0 Å². The maximum Gasteiger partial charge on any atom is 0.258 e. The van der Waals surface area contributed by atoms with Crippen LogP contribution in [0.5, 0.6) is 5.88 Å². The zero-order chi connectivity index (χ0) is 13.8. The number of carbonyl (C=O) groups excluding carboxylic acids is 1. The number of hydrogen-bond donors (Lipinski definition) is 2. The van der Waals surface area contributed by atoms with Gasteiger partial charge in [0.2, 0.25) is 11.8 Å². The Hall–Kier alpha value is -1.50. The van der Waals surface area contributed by atoms with Crippen molar-refractivity contribution in [3.8, 4) is 5.88 Å². The maximum absolute atomic E-state index is 11.8. The number of amides is 1. The van der Waals surface area contributed by atoms with E-state index in [1.54, 1.807) is 6.92 Å². The summed E-state index contributed by atoms with van der Waals surface area (Å²) in [6.45, 7) is 3.39. The molecule has 0 aromatic carbocycles. The highest BCUT2D eigenvalue weighted by Crippen LogP contribution is 2.18. The van der Waals surface area contributed by atoms with Gasteiger partial charge in [-0.3, -0.25) is 9.59 Å². The smallest absolute Gasteiger partial charge is 0.258 e. The van der Waals surface area contributed by atoms with Gasteiger partial charge < -0.3 is 15.0 Å². The van der Waals surface area contributed by atoms with E-state index in [1.807, 2.05) is 4.90 Å². The highest BCUT2D eigenvalue weighted by atomic mass is 32.2. The molecule has 0 unspecified atom stereocenters. The molecule has 1 aromatic rings. The van der Waals surface area contributed by atoms with Gasteiger partial charge in [-0.25, -0.2) is 0 Å². The van der Waals surface area contributed by atoms with Crippen LogP contribution in [0.2, 0.25) is 0 Å². The van der Waals surface area contributed by atoms with E-state index in [4.69, 9.17) is 0 Å². The van der Waals surface area contributed by atoms with Crippen molar-refractivity contribution >= 4 is 17.7 Å². The Kier molecular flexibility index (Phi) is 4.47. The molecule has 1 fully saturated rings. The average molecular weight is 283 g/mol. The minimum absolute atomic E-state index is 0.0456. The summed E-state index contributed by atoms with van der Waals surface area (Å²) in [6, 6.07) is 0. The number of thioether (sulfide) groups is 1. The molecule has 6 nitrogen and oxygen atoms in total. The summed E-state index contributed by atoms with van der Waals surface area (Å²) in [5, 5.41) is 9.89. The van der Waals surface area contributed by atoms with Crippen molar-refractivity contribution in [3.63, 3.8) is 0 Å². The van der Waals surface area contributed by atoms with E-state index in [0.717, 1.165) is 37.7 Å². The fourth-order valence-electron chi connectivity index (χ4n) is 2.04. The van der Waals surface area contributed by atoms with Gasteiger partial charge in [-0.2, -0.15) is 4.98 Å². The average Bonchev–Trinajstić information content (AvgIpc) is 2.89. The Morgan fingerprint density at radius 1 is 1.47 bits per heavy atom. The molecule has 1 aromatic heterocycles. The van der Waals surface area contributed by atoms with Crippen LogP contribution in [-0.4, -0.2) is 44.7 Å². The number of likely N-dealkylation sites (tertiary alicyclic amines) is 1. The number of H-pyrrole nitrogens is 1. The molecule has 7 heteroatoms. The third-order valence-corrected chi connectivity index (χ3v) is 3.97. The van der Waals surface area contributed by atoms with E-state index in [-0.39, 0.29) is 33.8 Å². The van der Waals surface area contributed by atoms with Gasteiger partial charge in [0.15, 0.2) is 5.16 Å². The first-order valence-electron chi connectivity index (χ1n) is 6.34. The molecule has 104 valence electrons. The molecule has 1 amide bonds. The molecule has 0 aliphatic carbocycles. The number of aromatic hydroxyl groups is 1. The van der Waals surface area contributed by atoms with Crippen molar-refractivity contribution < 1.29 is 9.90 Å². The summed E-state index contributed by atoms with van der Waals surface area (Å²) in [7, 11) is 0. The largest absolute Gasteiger partial charge is 0.493 e. The summed E-state index contributed by atoms with van der Waals surface area (Å²) in [4.78, 5) is 31.7. The summed E-state index contributed by atoms with van der Waals surface area (Å²) in [6.07, 6.45) is 2.53. The predicted octanol–water partition coefficient (Wildman–Crippen LogP) is 0.752. The quantitative estimate of drug-likeness (QED) is 0.629. The summed E-state index contributed by atoms with van der Waals surface area (Å²) >= 11 is 1.15. The molecule has 19 heavy (non-hydrogen) atoms. The number of aromatic amines is 1. The molecule has 0 spiro atoms. The minimum Gasteiger partial charge on any atom is -0.493 e. The Morgan fingerprint density at radius 2 is 2.16 bits per heavy atom. The third-order valence-electron chi connectivity index (χ3n) is 3.12. The van der Waals surface area contributed by atoms with Gasteiger partial charge in [0, 0.05) is 13.1 Å². The fraction of sp³-hybridized carbons (Fsp3) is 0.583. The molecule has 1 saturated heterocycles. The van der Waals surface area contributed by atoms with Crippen LogP contribution in [0.15, 0.2) is 9.95 Å². The molecule has 1 aliphatic rings. The van der Waals surface area contributed by atoms with E-state index in [1.165, 1.54) is 0 Å². The molecule has 2 N–H and O–H groups in total.